The van der Waals surface area contributed by atoms with Crippen LogP contribution in [0.3, 0.4) is 0 Å². The summed E-state index contributed by atoms with van der Waals surface area (Å²) in [4.78, 5) is 10.5. The molecule has 0 radical (unpaired) electrons. The van der Waals surface area contributed by atoms with Crippen LogP contribution in [-0.4, -0.2) is 6.54 Å². The van der Waals surface area contributed by atoms with Crippen molar-refractivity contribution in [3.8, 4) is 0 Å². The highest BCUT2D eigenvalue weighted by molar-refractivity contribution is 9.10. The molecule has 15 heavy (non-hydrogen) atoms. The van der Waals surface area contributed by atoms with Crippen LogP contribution in [0.5, 0.6) is 0 Å². The lowest BCUT2D eigenvalue weighted by atomic mass is 9.78. The standard InChI is InChI=1S/C12H14BrNO/c1-12(8-14-15,9-2-3-9)10-4-6-11(13)7-5-10/h4-7,9H,2-3,8H2,1H3/t12-/m1/s1. The van der Waals surface area contributed by atoms with Gasteiger partial charge >= 0.3 is 0 Å². The van der Waals surface area contributed by atoms with E-state index in [4.69, 9.17) is 0 Å². The predicted octanol–water partition coefficient (Wildman–Crippen LogP) is 3.88. The number of nitroso groups, excluding NO2 is 1. The van der Waals surface area contributed by atoms with Crippen LogP contribution < -0.4 is 0 Å². The van der Waals surface area contributed by atoms with Crippen LogP contribution in [0.15, 0.2) is 33.9 Å². The van der Waals surface area contributed by atoms with Crippen LogP contribution in [0, 0.1) is 10.8 Å². The largest absolute Gasteiger partial charge is 0.151 e. The van der Waals surface area contributed by atoms with Crippen molar-refractivity contribution >= 4 is 15.9 Å². The summed E-state index contributed by atoms with van der Waals surface area (Å²) < 4.78 is 1.07. The minimum Gasteiger partial charge on any atom is -0.151 e. The molecule has 0 bridgehead atoms. The monoisotopic (exact) mass is 267 g/mol. The smallest absolute Gasteiger partial charge is 0.0907 e. The van der Waals surface area contributed by atoms with Gasteiger partial charge in [0, 0.05) is 9.89 Å². The molecular weight excluding hydrogens is 254 g/mol. The van der Waals surface area contributed by atoms with Crippen LogP contribution in [0.2, 0.25) is 0 Å². The molecule has 1 atom stereocenters. The maximum absolute atomic E-state index is 10.5. The normalized spacial score (nSPS) is 19.6. The van der Waals surface area contributed by atoms with E-state index in [9.17, 15) is 4.91 Å². The van der Waals surface area contributed by atoms with E-state index in [2.05, 4.69) is 40.2 Å². The molecule has 0 saturated heterocycles. The summed E-state index contributed by atoms with van der Waals surface area (Å²) in [6, 6.07) is 8.24. The van der Waals surface area contributed by atoms with E-state index in [0.717, 1.165) is 4.47 Å². The first-order chi connectivity index (χ1) is 7.16. The highest BCUT2D eigenvalue weighted by Gasteiger charge is 2.42. The van der Waals surface area contributed by atoms with Gasteiger partial charge in [0.1, 0.15) is 0 Å². The van der Waals surface area contributed by atoms with Crippen molar-refractivity contribution in [1.29, 1.82) is 0 Å². The highest BCUT2D eigenvalue weighted by Crippen LogP contribution is 2.47. The predicted molar refractivity (Wildman–Crippen MR) is 64.9 cm³/mol. The second-order valence-corrected chi connectivity index (χ2v) is 5.40. The molecule has 1 fully saturated rings. The second kappa shape index (κ2) is 4.05. The average Bonchev–Trinajstić information content (AvgIpc) is 3.02. The van der Waals surface area contributed by atoms with Gasteiger partial charge in [-0.25, -0.2) is 0 Å². The molecule has 0 heterocycles. The van der Waals surface area contributed by atoms with Gasteiger partial charge in [-0.3, -0.25) is 0 Å². The van der Waals surface area contributed by atoms with Gasteiger partial charge in [-0.2, -0.15) is 4.91 Å². The molecule has 0 aromatic heterocycles. The molecule has 0 spiro atoms. The number of halogens is 1. The van der Waals surface area contributed by atoms with Crippen LogP contribution in [0.25, 0.3) is 0 Å². The summed E-state index contributed by atoms with van der Waals surface area (Å²) in [5.41, 5.74) is 1.18. The fraction of sp³-hybridized carbons (Fsp3) is 0.500. The maximum atomic E-state index is 10.5. The van der Waals surface area contributed by atoms with Crippen molar-refractivity contribution in [3.05, 3.63) is 39.2 Å². The summed E-state index contributed by atoms with van der Waals surface area (Å²) in [6.07, 6.45) is 2.45. The molecule has 2 rings (SSSR count). The van der Waals surface area contributed by atoms with Crippen molar-refractivity contribution in [1.82, 2.24) is 0 Å². The number of hydrogen-bond acceptors (Lipinski definition) is 2. The Kier molecular flexibility index (Phi) is 2.91. The van der Waals surface area contributed by atoms with Crippen LogP contribution in [0.4, 0.5) is 0 Å². The Morgan fingerprint density at radius 3 is 2.47 bits per heavy atom. The molecule has 1 aliphatic rings. The van der Waals surface area contributed by atoms with E-state index in [1.807, 2.05) is 12.1 Å². The third-order valence-corrected chi connectivity index (χ3v) is 3.90. The summed E-state index contributed by atoms with van der Waals surface area (Å²) in [6.45, 7) is 2.54. The van der Waals surface area contributed by atoms with Gasteiger partial charge in [-0.15, -0.1) is 0 Å². The molecule has 1 aromatic rings. The highest BCUT2D eigenvalue weighted by atomic mass is 79.9. The molecular formula is C12H14BrNO. The Morgan fingerprint density at radius 2 is 2.00 bits per heavy atom. The molecule has 0 N–H and O–H groups in total. The van der Waals surface area contributed by atoms with Gasteiger partial charge < -0.3 is 0 Å². The molecule has 2 nitrogen and oxygen atoms in total. The van der Waals surface area contributed by atoms with E-state index in [-0.39, 0.29) is 5.41 Å². The third kappa shape index (κ3) is 2.12. The number of benzene rings is 1. The second-order valence-electron chi connectivity index (χ2n) is 4.49. The molecule has 1 aromatic carbocycles. The summed E-state index contributed by atoms with van der Waals surface area (Å²) >= 11 is 3.42. The Hall–Kier alpha value is -0.700. The molecule has 0 amide bonds. The number of rotatable bonds is 4. The van der Waals surface area contributed by atoms with Crippen molar-refractivity contribution in [3.63, 3.8) is 0 Å². The molecule has 3 heteroatoms. The van der Waals surface area contributed by atoms with Crippen molar-refractivity contribution < 1.29 is 0 Å². The first kappa shape index (κ1) is 10.8. The van der Waals surface area contributed by atoms with Gasteiger partial charge in [0.05, 0.1) is 6.54 Å². The zero-order valence-electron chi connectivity index (χ0n) is 8.74. The van der Waals surface area contributed by atoms with Crippen molar-refractivity contribution in [2.45, 2.75) is 25.2 Å². The van der Waals surface area contributed by atoms with Gasteiger partial charge in [-0.1, -0.05) is 40.2 Å². The van der Waals surface area contributed by atoms with E-state index in [0.29, 0.717) is 12.5 Å². The quantitative estimate of drug-likeness (QED) is 0.762. The average molecular weight is 268 g/mol. The van der Waals surface area contributed by atoms with E-state index >= 15 is 0 Å². The molecule has 0 unspecified atom stereocenters. The SMILES string of the molecule is C[C@](CN=O)(c1ccc(Br)cc1)C1CC1. The Balaban J connectivity index is 2.31. The minimum atomic E-state index is -0.0531. The zero-order valence-corrected chi connectivity index (χ0v) is 10.3. The number of nitrogens with zero attached hydrogens (tertiary/aromatic N) is 1. The van der Waals surface area contributed by atoms with Crippen molar-refractivity contribution in [2.24, 2.45) is 11.1 Å². The van der Waals surface area contributed by atoms with Crippen molar-refractivity contribution in [2.75, 3.05) is 6.54 Å². The lowest BCUT2D eigenvalue weighted by molar-refractivity contribution is 0.420. The van der Waals surface area contributed by atoms with Crippen LogP contribution >= 0.6 is 15.9 Å². The summed E-state index contributed by atoms with van der Waals surface area (Å²) in [7, 11) is 0. The van der Waals surface area contributed by atoms with E-state index in [1.54, 1.807) is 0 Å². The topological polar surface area (TPSA) is 29.4 Å². The molecule has 1 aliphatic carbocycles. The zero-order chi connectivity index (χ0) is 10.9. The minimum absolute atomic E-state index is 0.0531. The first-order valence-electron chi connectivity index (χ1n) is 5.22. The first-order valence-corrected chi connectivity index (χ1v) is 6.01. The van der Waals surface area contributed by atoms with Gasteiger partial charge in [0.15, 0.2) is 0 Å². The molecule has 80 valence electrons. The molecule has 0 aliphatic heterocycles. The lowest BCUT2D eigenvalue weighted by Gasteiger charge is -2.27. The maximum Gasteiger partial charge on any atom is 0.0907 e. The van der Waals surface area contributed by atoms with Gasteiger partial charge in [-0.05, 0) is 36.5 Å². The van der Waals surface area contributed by atoms with Gasteiger partial charge in [0.2, 0.25) is 0 Å². The summed E-state index contributed by atoms with van der Waals surface area (Å²) in [5, 5.41) is 3.11. The van der Waals surface area contributed by atoms with E-state index < -0.39 is 0 Å². The van der Waals surface area contributed by atoms with Crippen LogP contribution in [-0.2, 0) is 5.41 Å². The lowest BCUT2D eigenvalue weighted by Crippen LogP contribution is -2.28. The van der Waals surface area contributed by atoms with Gasteiger partial charge in [0.25, 0.3) is 0 Å². The van der Waals surface area contributed by atoms with E-state index in [1.165, 1.54) is 18.4 Å². The third-order valence-electron chi connectivity index (χ3n) is 3.38. The fourth-order valence-electron chi connectivity index (χ4n) is 2.14. The molecule has 1 saturated carbocycles. The Morgan fingerprint density at radius 1 is 1.40 bits per heavy atom. The number of hydrogen-bond donors (Lipinski definition) is 0. The summed E-state index contributed by atoms with van der Waals surface area (Å²) in [5.74, 6) is 0.636. The fourth-order valence-corrected chi connectivity index (χ4v) is 2.41. The Labute approximate surface area is 98.2 Å². The van der Waals surface area contributed by atoms with Crippen LogP contribution in [0.1, 0.15) is 25.3 Å². The Bertz CT molecular complexity index is 358.